The Hall–Kier alpha value is -0.870. The fourth-order valence-corrected chi connectivity index (χ4v) is 3.79. The number of rotatable bonds is 4. The first-order valence-electron chi connectivity index (χ1n) is 5.28. The lowest BCUT2D eigenvalue weighted by atomic mass is 10.2. The SMILES string of the molecule is CCCC[N+]1(c2ccccc2)CS1(=O)=O. The van der Waals surface area contributed by atoms with Gasteiger partial charge in [-0.15, -0.1) is 0 Å². The molecule has 0 bridgehead atoms. The molecule has 15 heavy (non-hydrogen) atoms. The quantitative estimate of drug-likeness (QED) is 0.582. The highest BCUT2D eigenvalue weighted by Crippen LogP contribution is 2.40. The summed E-state index contributed by atoms with van der Waals surface area (Å²) in [5.41, 5.74) is 0.908. The van der Waals surface area contributed by atoms with Gasteiger partial charge in [0.25, 0.3) is 0 Å². The first-order chi connectivity index (χ1) is 7.12. The normalized spacial score (nSPS) is 27.5. The van der Waals surface area contributed by atoms with Crippen molar-refractivity contribution < 1.29 is 8.42 Å². The number of sulfonamides is 1. The van der Waals surface area contributed by atoms with Crippen LogP contribution >= 0.6 is 0 Å². The Labute approximate surface area is 91.0 Å². The Morgan fingerprint density at radius 1 is 1.27 bits per heavy atom. The molecule has 1 unspecified atom stereocenters. The van der Waals surface area contributed by atoms with Gasteiger partial charge in [-0.05, 0) is 6.42 Å². The van der Waals surface area contributed by atoms with Gasteiger partial charge in [0.1, 0.15) is 5.69 Å². The molecule has 1 atom stereocenters. The zero-order chi connectivity index (χ0) is 10.9. The summed E-state index contributed by atoms with van der Waals surface area (Å²) in [6, 6.07) is 9.51. The van der Waals surface area contributed by atoms with Gasteiger partial charge in [0, 0.05) is 12.1 Å². The Balaban J connectivity index is 2.31. The molecule has 1 fully saturated rings. The predicted octanol–water partition coefficient (Wildman–Crippen LogP) is 2.09. The summed E-state index contributed by atoms with van der Waals surface area (Å²) in [6.07, 6.45) is 1.98. The summed E-state index contributed by atoms with van der Waals surface area (Å²) in [5.74, 6) is 0.275. The molecule has 2 rings (SSSR count). The van der Waals surface area contributed by atoms with E-state index >= 15 is 0 Å². The van der Waals surface area contributed by atoms with Gasteiger partial charge in [0.2, 0.25) is 5.88 Å². The van der Waals surface area contributed by atoms with Gasteiger partial charge in [-0.25, -0.2) is 0 Å². The van der Waals surface area contributed by atoms with Crippen LogP contribution in [0.2, 0.25) is 0 Å². The molecule has 1 heterocycles. The van der Waals surface area contributed by atoms with Crippen molar-refractivity contribution in [2.24, 2.45) is 0 Å². The van der Waals surface area contributed by atoms with Crippen LogP contribution < -0.4 is 3.89 Å². The van der Waals surface area contributed by atoms with Gasteiger partial charge in [-0.3, -0.25) is 0 Å². The van der Waals surface area contributed by atoms with E-state index in [1.807, 2.05) is 30.3 Å². The maximum absolute atomic E-state index is 11.7. The Morgan fingerprint density at radius 3 is 2.33 bits per heavy atom. The molecule has 0 spiro atoms. The number of quaternary nitrogens is 1. The fraction of sp³-hybridized carbons (Fsp3) is 0.455. The average Bonchev–Trinajstić information content (AvgIpc) is 2.81. The summed E-state index contributed by atoms with van der Waals surface area (Å²) >= 11 is 0. The number of para-hydroxylation sites is 1. The van der Waals surface area contributed by atoms with Crippen molar-refractivity contribution in [1.82, 2.24) is 3.89 Å². The van der Waals surface area contributed by atoms with Crippen LogP contribution in [0.1, 0.15) is 19.8 Å². The van der Waals surface area contributed by atoms with Crippen LogP contribution in [0, 0.1) is 0 Å². The number of hydrogen-bond donors (Lipinski definition) is 0. The molecule has 3 nitrogen and oxygen atoms in total. The molecule has 4 heteroatoms. The van der Waals surface area contributed by atoms with Gasteiger partial charge >= 0.3 is 10.0 Å². The van der Waals surface area contributed by atoms with E-state index in [1.165, 1.54) is 0 Å². The highest BCUT2D eigenvalue weighted by Gasteiger charge is 2.63. The van der Waals surface area contributed by atoms with Crippen molar-refractivity contribution in [3.8, 4) is 0 Å². The molecule has 0 amide bonds. The van der Waals surface area contributed by atoms with Crippen molar-refractivity contribution >= 4 is 15.7 Å². The monoisotopic (exact) mass is 226 g/mol. The van der Waals surface area contributed by atoms with Crippen LogP contribution in [0.3, 0.4) is 0 Å². The Morgan fingerprint density at radius 2 is 1.87 bits per heavy atom. The third-order valence-corrected chi connectivity index (χ3v) is 4.99. The maximum Gasteiger partial charge on any atom is 0.355 e. The molecule has 0 aromatic heterocycles. The van der Waals surface area contributed by atoms with E-state index in [1.54, 1.807) is 0 Å². The highest BCUT2D eigenvalue weighted by molar-refractivity contribution is 7.97. The zero-order valence-electron chi connectivity index (χ0n) is 8.89. The number of unbranched alkanes of at least 4 members (excludes halogenated alkanes) is 1. The first-order valence-corrected chi connectivity index (χ1v) is 6.89. The van der Waals surface area contributed by atoms with Crippen LogP contribution in [0.5, 0.6) is 0 Å². The van der Waals surface area contributed by atoms with E-state index in [2.05, 4.69) is 6.92 Å². The number of nitrogens with zero attached hydrogens (tertiary/aromatic N) is 1. The zero-order valence-corrected chi connectivity index (χ0v) is 9.70. The first kappa shape index (κ1) is 10.6. The fourth-order valence-electron chi connectivity index (χ4n) is 1.92. The lowest BCUT2D eigenvalue weighted by molar-refractivity contribution is 0.532. The van der Waals surface area contributed by atoms with E-state index in [-0.39, 0.29) is 9.77 Å². The van der Waals surface area contributed by atoms with Crippen LogP contribution in [0.4, 0.5) is 5.69 Å². The minimum absolute atomic E-state index is 0.168. The lowest BCUT2D eigenvalue weighted by Crippen LogP contribution is -2.28. The van der Waals surface area contributed by atoms with Crippen molar-refractivity contribution in [3.63, 3.8) is 0 Å². The Bertz CT molecular complexity index is 441. The van der Waals surface area contributed by atoms with Gasteiger partial charge < -0.3 is 0 Å². The van der Waals surface area contributed by atoms with Gasteiger partial charge in [0.15, 0.2) is 0 Å². The molecule has 1 saturated heterocycles. The second-order valence-electron chi connectivity index (χ2n) is 4.01. The third-order valence-electron chi connectivity index (χ3n) is 2.93. The summed E-state index contributed by atoms with van der Waals surface area (Å²) in [6.45, 7) is 2.79. The van der Waals surface area contributed by atoms with Crippen LogP contribution in [0.25, 0.3) is 0 Å². The molecular formula is C11H16NO2S+. The maximum atomic E-state index is 11.7. The summed E-state index contributed by atoms with van der Waals surface area (Å²) < 4.78 is 23.5. The lowest BCUT2D eigenvalue weighted by Gasteiger charge is -2.12. The molecule has 1 aliphatic rings. The van der Waals surface area contributed by atoms with E-state index in [4.69, 9.17) is 0 Å². The van der Waals surface area contributed by atoms with Gasteiger partial charge in [-0.1, -0.05) is 31.5 Å². The molecule has 0 N–H and O–H groups in total. The second kappa shape index (κ2) is 3.61. The van der Waals surface area contributed by atoms with Crippen molar-refractivity contribution in [2.75, 3.05) is 12.4 Å². The standard InChI is InChI=1S/C11H16NO2S/c1-2-3-9-12(10-15(12,13)14)11-7-5-4-6-8-11/h4-8H,2-3,9-10H2,1H3/q+1. The predicted molar refractivity (Wildman–Crippen MR) is 61.8 cm³/mol. The molecule has 1 aromatic carbocycles. The van der Waals surface area contributed by atoms with E-state index < -0.39 is 10.0 Å². The topological polar surface area (TPSA) is 34.1 Å². The largest absolute Gasteiger partial charge is 0.355 e. The van der Waals surface area contributed by atoms with E-state index in [0.29, 0.717) is 6.54 Å². The van der Waals surface area contributed by atoms with Crippen molar-refractivity contribution in [1.29, 1.82) is 0 Å². The average molecular weight is 226 g/mol. The van der Waals surface area contributed by atoms with Crippen molar-refractivity contribution in [3.05, 3.63) is 30.3 Å². The van der Waals surface area contributed by atoms with E-state index in [9.17, 15) is 8.42 Å². The second-order valence-corrected chi connectivity index (χ2v) is 6.13. The smallest absolute Gasteiger partial charge is 0.167 e. The molecule has 0 radical (unpaired) electrons. The third kappa shape index (κ3) is 1.68. The molecular weight excluding hydrogens is 210 g/mol. The molecule has 82 valence electrons. The van der Waals surface area contributed by atoms with Crippen LogP contribution in [0.15, 0.2) is 30.3 Å². The van der Waals surface area contributed by atoms with Crippen LogP contribution in [-0.4, -0.2) is 20.8 Å². The van der Waals surface area contributed by atoms with Gasteiger partial charge in [-0.2, -0.15) is 12.3 Å². The minimum Gasteiger partial charge on any atom is -0.167 e. The summed E-state index contributed by atoms with van der Waals surface area (Å²) in [4.78, 5) is 0. The molecule has 1 aromatic rings. The number of hydrogen-bond acceptors (Lipinski definition) is 2. The summed E-state index contributed by atoms with van der Waals surface area (Å²) in [5, 5.41) is 0. The van der Waals surface area contributed by atoms with Crippen LogP contribution in [-0.2, 0) is 10.0 Å². The molecule has 0 saturated carbocycles. The van der Waals surface area contributed by atoms with Gasteiger partial charge in [0.05, 0.1) is 6.54 Å². The number of benzene rings is 1. The molecule has 1 aliphatic heterocycles. The Kier molecular flexibility index (Phi) is 2.56. The summed E-state index contributed by atoms with van der Waals surface area (Å²) in [7, 11) is -2.91. The highest BCUT2D eigenvalue weighted by atomic mass is 32.2. The molecule has 0 aliphatic carbocycles. The van der Waals surface area contributed by atoms with Crippen molar-refractivity contribution in [2.45, 2.75) is 19.8 Å². The van der Waals surface area contributed by atoms with E-state index in [0.717, 1.165) is 18.5 Å². The minimum atomic E-state index is -2.91.